The zero-order chi connectivity index (χ0) is 17.0. The number of phenolic OH excluding ortho intramolecular Hbond substituents is 1. The van der Waals surface area contributed by atoms with Crippen molar-refractivity contribution in [2.24, 2.45) is 0 Å². The third kappa shape index (κ3) is 4.71. The highest BCUT2D eigenvalue weighted by Crippen LogP contribution is 2.23. The normalized spacial score (nSPS) is 11.6. The minimum absolute atomic E-state index is 0.0261. The number of phenols is 1. The van der Waals surface area contributed by atoms with E-state index in [4.69, 9.17) is 16.3 Å². The molecular formula is C16H13BrClNO4. The summed E-state index contributed by atoms with van der Waals surface area (Å²) >= 11 is 9.04. The molecule has 1 amide bonds. The van der Waals surface area contributed by atoms with E-state index in [2.05, 4.69) is 21.2 Å². The Morgan fingerprint density at radius 3 is 2.70 bits per heavy atom. The van der Waals surface area contributed by atoms with E-state index in [1.165, 1.54) is 19.1 Å². The van der Waals surface area contributed by atoms with Gasteiger partial charge in [-0.1, -0.05) is 33.6 Å². The van der Waals surface area contributed by atoms with Gasteiger partial charge in [0.2, 0.25) is 0 Å². The molecule has 0 radical (unpaired) electrons. The quantitative estimate of drug-likeness (QED) is 0.764. The number of carbonyl (C=O) groups is 2. The topological polar surface area (TPSA) is 75.6 Å². The zero-order valence-corrected chi connectivity index (χ0v) is 14.4. The molecule has 23 heavy (non-hydrogen) atoms. The van der Waals surface area contributed by atoms with Crippen LogP contribution in [0.3, 0.4) is 0 Å². The fourth-order valence-electron chi connectivity index (χ4n) is 1.76. The third-order valence-electron chi connectivity index (χ3n) is 2.92. The van der Waals surface area contributed by atoms with Gasteiger partial charge in [-0.2, -0.15) is 0 Å². The van der Waals surface area contributed by atoms with Gasteiger partial charge in [0, 0.05) is 15.2 Å². The maximum atomic E-state index is 12.0. The van der Waals surface area contributed by atoms with E-state index in [-0.39, 0.29) is 11.3 Å². The number of halogens is 2. The first kappa shape index (κ1) is 17.3. The second kappa shape index (κ2) is 7.48. The molecule has 0 unspecified atom stereocenters. The fraction of sp³-hybridized carbons (Fsp3) is 0.125. The summed E-state index contributed by atoms with van der Waals surface area (Å²) in [5.74, 6) is -1.52. The lowest BCUT2D eigenvalue weighted by molar-refractivity contribution is -0.123. The van der Waals surface area contributed by atoms with Crippen LogP contribution in [0.4, 0.5) is 5.69 Å². The number of aromatic hydroxyl groups is 1. The molecule has 0 aliphatic carbocycles. The SMILES string of the molecule is C[C@@H](OC(=O)c1cc(Br)ccc1O)C(=O)Nc1cccc(Cl)c1. The summed E-state index contributed by atoms with van der Waals surface area (Å²) in [6, 6.07) is 11.0. The van der Waals surface area contributed by atoms with Crippen LogP contribution in [-0.2, 0) is 9.53 Å². The molecule has 2 aromatic rings. The molecule has 2 rings (SSSR count). The predicted molar refractivity (Wildman–Crippen MR) is 90.8 cm³/mol. The summed E-state index contributed by atoms with van der Waals surface area (Å²) in [4.78, 5) is 24.1. The second-order valence-corrected chi connectivity index (χ2v) is 6.06. The van der Waals surface area contributed by atoms with E-state index < -0.39 is 18.0 Å². The highest BCUT2D eigenvalue weighted by Gasteiger charge is 2.21. The lowest BCUT2D eigenvalue weighted by Gasteiger charge is -2.14. The standard InChI is InChI=1S/C16H13BrClNO4/c1-9(15(21)19-12-4-2-3-11(18)8-12)23-16(22)13-7-10(17)5-6-14(13)20/h2-9,20H,1H3,(H,19,21)/t9-/m1/s1. The Morgan fingerprint density at radius 2 is 2.00 bits per heavy atom. The maximum absolute atomic E-state index is 12.0. The molecule has 5 nitrogen and oxygen atoms in total. The maximum Gasteiger partial charge on any atom is 0.342 e. The number of esters is 1. The molecule has 120 valence electrons. The number of benzene rings is 2. The van der Waals surface area contributed by atoms with E-state index in [1.807, 2.05) is 0 Å². The van der Waals surface area contributed by atoms with Crippen LogP contribution in [0.15, 0.2) is 46.9 Å². The van der Waals surface area contributed by atoms with Crippen LogP contribution in [0.1, 0.15) is 17.3 Å². The van der Waals surface area contributed by atoms with Gasteiger partial charge in [0.1, 0.15) is 11.3 Å². The van der Waals surface area contributed by atoms with Crippen LogP contribution in [0, 0.1) is 0 Å². The van der Waals surface area contributed by atoms with E-state index in [9.17, 15) is 14.7 Å². The van der Waals surface area contributed by atoms with Crippen molar-refractivity contribution in [2.75, 3.05) is 5.32 Å². The van der Waals surface area contributed by atoms with Gasteiger partial charge in [-0.3, -0.25) is 4.79 Å². The summed E-state index contributed by atoms with van der Waals surface area (Å²) in [6.45, 7) is 1.44. The molecule has 1 atom stereocenters. The fourth-order valence-corrected chi connectivity index (χ4v) is 2.31. The van der Waals surface area contributed by atoms with Gasteiger partial charge in [-0.25, -0.2) is 4.79 Å². The minimum atomic E-state index is -1.04. The zero-order valence-electron chi connectivity index (χ0n) is 12.0. The molecule has 0 aromatic heterocycles. The van der Waals surface area contributed by atoms with Crippen molar-refractivity contribution >= 4 is 45.1 Å². The Hall–Kier alpha value is -2.05. The van der Waals surface area contributed by atoms with Gasteiger partial charge < -0.3 is 15.2 Å². The third-order valence-corrected chi connectivity index (χ3v) is 3.65. The Bertz CT molecular complexity index is 751. The van der Waals surface area contributed by atoms with Crippen molar-refractivity contribution in [2.45, 2.75) is 13.0 Å². The Morgan fingerprint density at radius 1 is 1.26 bits per heavy atom. The summed E-state index contributed by atoms with van der Waals surface area (Å²) in [7, 11) is 0. The van der Waals surface area contributed by atoms with Gasteiger partial charge >= 0.3 is 5.97 Å². The number of hydrogen-bond acceptors (Lipinski definition) is 4. The van der Waals surface area contributed by atoms with Crippen molar-refractivity contribution in [1.29, 1.82) is 0 Å². The Labute approximate surface area is 146 Å². The van der Waals surface area contributed by atoms with Gasteiger partial charge in [-0.15, -0.1) is 0 Å². The number of rotatable bonds is 4. The summed E-state index contributed by atoms with van der Waals surface area (Å²) in [5, 5.41) is 12.8. The van der Waals surface area contributed by atoms with E-state index in [1.54, 1.807) is 30.3 Å². The van der Waals surface area contributed by atoms with Crippen molar-refractivity contribution in [3.05, 3.63) is 57.5 Å². The molecule has 7 heteroatoms. The predicted octanol–water partition coefficient (Wildman–Crippen LogP) is 3.99. The summed E-state index contributed by atoms with van der Waals surface area (Å²) < 4.78 is 5.68. The van der Waals surface area contributed by atoms with E-state index >= 15 is 0 Å². The molecule has 0 bridgehead atoms. The largest absolute Gasteiger partial charge is 0.507 e. The molecule has 0 saturated heterocycles. The first-order chi connectivity index (χ1) is 10.9. The Kier molecular flexibility index (Phi) is 5.63. The van der Waals surface area contributed by atoms with Gasteiger partial charge in [-0.05, 0) is 43.3 Å². The number of amides is 1. The van der Waals surface area contributed by atoms with E-state index in [0.717, 1.165) is 0 Å². The van der Waals surface area contributed by atoms with Crippen LogP contribution in [0.2, 0.25) is 5.02 Å². The first-order valence-corrected chi connectivity index (χ1v) is 7.80. The van der Waals surface area contributed by atoms with Crippen molar-refractivity contribution in [3.63, 3.8) is 0 Å². The molecule has 0 spiro atoms. The lowest BCUT2D eigenvalue weighted by atomic mass is 10.2. The number of ether oxygens (including phenoxy) is 1. The van der Waals surface area contributed by atoms with Crippen molar-refractivity contribution in [3.8, 4) is 5.75 Å². The van der Waals surface area contributed by atoms with Crippen LogP contribution >= 0.6 is 27.5 Å². The first-order valence-electron chi connectivity index (χ1n) is 6.63. The smallest absolute Gasteiger partial charge is 0.342 e. The Balaban J connectivity index is 2.03. The highest BCUT2D eigenvalue weighted by molar-refractivity contribution is 9.10. The average molecular weight is 399 g/mol. The second-order valence-electron chi connectivity index (χ2n) is 4.71. The molecule has 0 fully saturated rings. The number of carbonyl (C=O) groups excluding carboxylic acids is 2. The molecule has 2 N–H and O–H groups in total. The minimum Gasteiger partial charge on any atom is -0.507 e. The van der Waals surface area contributed by atoms with Crippen LogP contribution in [-0.4, -0.2) is 23.1 Å². The summed E-state index contributed by atoms with van der Waals surface area (Å²) in [6.07, 6.45) is -1.04. The van der Waals surface area contributed by atoms with Gasteiger partial charge in [0.25, 0.3) is 5.91 Å². The lowest BCUT2D eigenvalue weighted by Crippen LogP contribution is -2.30. The average Bonchev–Trinajstić information content (AvgIpc) is 2.49. The van der Waals surface area contributed by atoms with E-state index in [0.29, 0.717) is 15.2 Å². The molecule has 0 heterocycles. The molecular weight excluding hydrogens is 386 g/mol. The van der Waals surface area contributed by atoms with Crippen molar-refractivity contribution in [1.82, 2.24) is 0 Å². The van der Waals surface area contributed by atoms with Crippen LogP contribution in [0.5, 0.6) is 5.75 Å². The van der Waals surface area contributed by atoms with Gasteiger partial charge in [0.15, 0.2) is 6.10 Å². The highest BCUT2D eigenvalue weighted by atomic mass is 79.9. The van der Waals surface area contributed by atoms with Gasteiger partial charge in [0.05, 0.1) is 0 Å². The summed E-state index contributed by atoms with van der Waals surface area (Å²) in [5.41, 5.74) is 0.470. The van der Waals surface area contributed by atoms with Crippen molar-refractivity contribution < 1.29 is 19.4 Å². The molecule has 2 aromatic carbocycles. The monoisotopic (exact) mass is 397 g/mol. The number of anilines is 1. The molecule has 0 aliphatic heterocycles. The number of hydrogen-bond donors (Lipinski definition) is 2. The van der Waals surface area contributed by atoms with Crippen LogP contribution in [0.25, 0.3) is 0 Å². The molecule has 0 aliphatic rings. The number of nitrogens with one attached hydrogen (secondary N) is 1. The van der Waals surface area contributed by atoms with Crippen LogP contribution < -0.4 is 5.32 Å². The molecule has 0 saturated carbocycles.